The number of carbonyl (C=O) groups excluding carboxylic acids is 1. The van der Waals surface area contributed by atoms with Gasteiger partial charge < -0.3 is 10.0 Å². The summed E-state index contributed by atoms with van der Waals surface area (Å²) in [5, 5.41) is 8.93. The Labute approximate surface area is 126 Å². The summed E-state index contributed by atoms with van der Waals surface area (Å²) in [5.41, 5.74) is 2.84. The average Bonchev–Trinajstić information content (AvgIpc) is 2.96. The van der Waals surface area contributed by atoms with Crippen molar-refractivity contribution < 1.29 is 14.7 Å². The van der Waals surface area contributed by atoms with Crippen LogP contribution in [0.2, 0.25) is 0 Å². The van der Waals surface area contributed by atoms with E-state index in [-0.39, 0.29) is 12.5 Å². The summed E-state index contributed by atoms with van der Waals surface area (Å²) < 4.78 is 0. The normalized spacial score (nSPS) is 10.3. The summed E-state index contributed by atoms with van der Waals surface area (Å²) in [7, 11) is 0. The van der Waals surface area contributed by atoms with Crippen molar-refractivity contribution >= 4 is 23.2 Å². The van der Waals surface area contributed by atoms with Gasteiger partial charge in [-0.1, -0.05) is 37.3 Å². The second-order valence-corrected chi connectivity index (χ2v) is 5.37. The Balaban J connectivity index is 2.31. The molecule has 0 aliphatic rings. The van der Waals surface area contributed by atoms with Gasteiger partial charge in [-0.05, 0) is 12.0 Å². The fourth-order valence-corrected chi connectivity index (χ4v) is 2.82. The molecule has 0 unspecified atom stereocenters. The topological polar surface area (TPSA) is 70.5 Å². The molecular formula is C15H16N2O3S. The molecule has 0 bridgehead atoms. The van der Waals surface area contributed by atoms with Crippen LogP contribution in [0.5, 0.6) is 0 Å². The highest BCUT2D eigenvalue weighted by Crippen LogP contribution is 2.28. The minimum absolute atomic E-state index is 0.307. The van der Waals surface area contributed by atoms with Crippen molar-refractivity contribution in [2.45, 2.75) is 13.3 Å². The van der Waals surface area contributed by atoms with Crippen LogP contribution < -0.4 is 0 Å². The first-order valence-corrected chi connectivity index (χ1v) is 7.51. The molecule has 0 aliphatic carbocycles. The van der Waals surface area contributed by atoms with Crippen LogP contribution in [0, 0.1) is 0 Å². The van der Waals surface area contributed by atoms with Gasteiger partial charge in [0.15, 0.2) is 0 Å². The Morgan fingerprint density at radius 1 is 1.29 bits per heavy atom. The summed E-state index contributed by atoms with van der Waals surface area (Å²) in [4.78, 5) is 29.7. The number of aromatic nitrogens is 1. The van der Waals surface area contributed by atoms with Crippen molar-refractivity contribution in [2.75, 3.05) is 13.1 Å². The Morgan fingerprint density at radius 2 is 2.00 bits per heavy atom. The van der Waals surface area contributed by atoms with Crippen molar-refractivity contribution in [3.63, 3.8) is 0 Å². The first-order valence-electron chi connectivity index (χ1n) is 6.63. The molecule has 1 heterocycles. The summed E-state index contributed by atoms with van der Waals surface area (Å²) in [6.45, 7) is 2.00. The third-order valence-electron chi connectivity index (χ3n) is 2.91. The van der Waals surface area contributed by atoms with Gasteiger partial charge in [-0.15, -0.1) is 11.3 Å². The molecule has 0 saturated carbocycles. The third-order valence-corrected chi connectivity index (χ3v) is 3.79. The summed E-state index contributed by atoms with van der Waals surface area (Å²) in [6, 6.07) is 9.51. The number of aliphatic carboxylic acids is 1. The van der Waals surface area contributed by atoms with Crippen molar-refractivity contribution in [2.24, 2.45) is 0 Å². The second kappa shape index (κ2) is 6.99. The van der Waals surface area contributed by atoms with Crippen LogP contribution in [0.15, 0.2) is 35.8 Å². The van der Waals surface area contributed by atoms with Crippen molar-refractivity contribution in [1.29, 1.82) is 0 Å². The van der Waals surface area contributed by atoms with Gasteiger partial charge in [0.1, 0.15) is 12.2 Å². The molecule has 0 spiro atoms. The van der Waals surface area contributed by atoms with Gasteiger partial charge in [0.05, 0.1) is 10.4 Å². The van der Waals surface area contributed by atoms with Crippen LogP contribution in [0.3, 0.4) is 0 Å². The highest BCUT2D eigenvalue weighted by atomic mass is 32.1. The largest absolute Gasteiger partial charge is 0.480 e. The molecule has 0 aliphatic heterocycles. The molecule has 1 N–H and O–H groups in total. The standard InChI is InChI=1S/C15H16N2O3S/c1-2-8-17(9-12(18)19)15(20)13-14(21-10-16-13)11-6-4-3-5-7-11/h3-7,10H,2,8-9H2,1H3,(H,18,19). The molecule has 1 amide bonds. The highest BCUT2D eigenvalue weighted by Gasteiger charge is 2.23. The van der Waals surface area contributed by atoms with Crippen LogP contribution in [0.25, 0.3) is 10.4 Å². The van der Waals surface area contributed by atoms with E-state index in [1.165, 1.54) is 16.2 Å². The molecule has 0 saturated heterocycles. The van der Waals surface area contributed by atoms with E-state index in [0.717, 1.165) is 10.4 Å². The maximum Gasteiger partial charge on any atom is 0.323 e. The predicted molar refractivity (Wildman–Crippen MR) is 81.4 cm³/mol. The molecule has 0 radical (unpaired) electrons. The van der Waals surface area contributed by atoms with E-state index in [1.807, 2.05) is 37.3 Å². The number of carboxylic acids is 1. The van der Waals surface area contributed by atoms with Crippen molar-refractivity contribution in [3.05, 3.63) is 41.5 Å². The third kappa shape index (κ3) is 3.66. The van der Waals surface area contributed by atoms with Crippen LogP contribution in [0.1, 0.15) is 23.8 Å². The van der Waals surface area contributed by atoms with Gasteiger partial charge in [-0.3, -0.25) is 9.59 Å². The number of amides is 1. The smallest absolute Gasteiger partial charge is 0.323 e. The summed E-state index contributed by atoms with van der Waals surface area (Å²) in [6.07, 6.45) is 0.698. The van der Waals surface area contributed by atoms with Crippen molar-refractivity contribution in [1.82, 2.24) is 9.88 Å². The summed E-state index contributed by atoms with van der Waals surface area (Å²) in [5.74, 6) is -1.35. The van der Waals surface area contributed by atoms with Gasteiger partial charge in [-0.25, -0.2) is 4.98 Å². The quantitative estimate of drug-likeness (QED) is 0.891. The molecule has 110 valence electrons. The van der Waals surface area contributed by atoms with E-state index in [2.05, 4.69) is 4.98 Å². The van der Waals surface area contributed by atoms with E-state index in [0.29, 0.717) is 18.7 Å². The van der Waals surface area contributed by atoms with Crippen LogP contribution >= 0.6 is 11.3 Å². The zero-order valence-corrected chi connectivity index (χ0v) is 12.5. The molecule has 2 aromatic rings. The molecule has 1 aromatic carbocycles. The van der Waals surface area contributed by atoms with Gasteiger partial charge in [-0.2, -0.15) is 0 Å². The van der Waals surface area contributed by atoms with Gasteiger partial charge in [0.2, 0.25) is 0 Å². The number of rotatable bonds is 6. The second-order valence-electron chi connectivity index (χ2n) is 4.52. The number of carbonyl (C=O) groups is 2. The first-order chi connectivity index (χ1) is 10.1. The number of hydrogen-bond donors (Lipinski definition) is 1. The van der Waals surface area contributed by atoms with E-state index in [1.54, 1.807) is 5.51 Å². The molecule has 21 heavy (non-hydrogen) atoms. The van der Waals surface area contributed by atoms with E-state index >= 15 is 0 Å². The van der Waals surface area contributed by atoms with Gasteiger partial charge in [0.25, 0.3) is 5.91 Å². The lowest BCUT2D eigenvalue weighted by atomic mass is 10.1. The molecule has 0 fully saturated rings. The maximum absolute atomic E-state index is 12.5. The number of nitrogens with zero attached hydrogens (tertiary/aromatic N) is 2. The molecule has 0 atom stereocenters. The minimum Gasteiger partial charge on any atom is -0.480 e. The van der Waals surface area contributed by atoms with Gasteiger partial charge >= 0.3 is 5.97 Å². The molecule has 2 rings (SSSR count). The zero-order valence-electron chi connectivity index (χ0n) is 11.7. The molecule has 6 heteroatoms. The van der Waals surface area contributed by atoms with Crippen molar-refractivity contribution in [3.8, 4) is 10.4 Å². The number of carboxylic acid groups (broad SMARTS) is 1. The van der Waals surface area contributed by atoms with E-state index < -0.39 is 5.97 Å². The van der Waals surface area contributed by atoms with Crippen LogP contribution in [0.4, 0.5) is 0 Å². The van der Waals surface area contributed by atoms with E-state index in [9.17, 15) is 9.59 Å². The first kappa shape index (κ1) is 15.2. The lowest BCUT2D eigenvalue weighted by Crippen LogP contribution is -2.36. The molecule has 1 aromatic heterocycles. The number of thiazole rings is 1. The van der Waals surface area contributed by atoms with Gasteiger partial charge in [0, 0.05) is 6.54 Å². The average molecular weight is 304 g/mol. The molecular weight excluding hydrogens is 288 g/mol. The Kier molecular flexibility index (Phi) is 5.05. The Bertz CT molecular complexity index is 625. The maximum atomic E-state index is 12.5. The Hall–Kier alpha value is -2.21. The fraction of sp³-hybridized carbons (Fsp3) is 0.267. The lowest BCUT2D eigenvalue weighted by Gasteiger charge is -2.19. The Morgan fingerprint density at radius 3 is 2.62 bits per heavy atom. The zero-order chi connectivity index (χ0) is 15.2. The summed E-state index contributed by atoms with van der Waals surface area (Å²) >= 11 is 1.38. The monoisotopic (exact) mass is 304 g/mol. The lowest BCUT2D eigenvalue weighted by molar-refractivity contribution is -0.137. The van der Waals surface area contributed by atoms with Crippen LogP contribution in [-0.4, -0.2) is 40.0 Å². The van der Waals surface area contributed by atoms with E-state index in [4.69, 9.17) is 5.11 Å². The predicted octanol–water partition coefficient (Wildman–Crippen LogP) is 2.75. The number of hydrogen-bond acceptors (Lipinski definition) is 4. The number of benzene rings is 1. The SMILES string of the molecule is CCCN(CC(=O)O)C(=O)c1ncsc1-c1ccccc1. The molecule has 5 nitrogen and oxygen atoms in total. The minimum atomic E-state index is -1.02. The van der Waals surface area contributed by atoms with Crippen LogP contribution in [-0.2, 0) is 4.79 Å². The highest BCUT2D eigenvalue weighted by molar-refractivity contribution is 7.13. The fourth-order valence-electron chi connectivity index (χ4n) is 2.03.